The van der Waals surface area contributed by atoms with Gasteiger partial charge in [-0.1, -0.05) is 12.1 Å². The van der Waals surface area contributed by atoms with Crippen LogP contribution < -0.4 is 5.32 Å². The Morgan fingerprint density at radius 2 is 1.94 bits per heavy atom. The van der Waals surface area contributed by atoms with E-state index in [9.17, 15) is 0 Å². The highest BCUT2D eigenvalue weighted by atomic mass is 14.9. The topological polar surface area (TPSA) is 24.9 Å². The molecule has 1 N–H and O–H groups in total. The molecule has 3 rings (SSSR count). The molecule has 17 heavy (non-hydrogen) atoms. The second kappa shape index (κ2) is 4.46. The van der Waals surface area contributed by atoms with E-state index in [1.165, 1.54) is 23.8 Å². The summed E-state index contributed by atoms with van der Waals surface area (Å²) in [6.07, 6.45) is 2.51. The molecule has 0 radical (unpaired) electrons. The van der Waals surface area contributed by atoms with Crippen molar-refractivity contribution in [2.75, 3.05) is 13.1 Å². The predicted octanol–water partition coefficient (Wildman–Crippen LogP) is 3.01. The normalized spacial score (nSPS) is 17.5. The van der Waals surface area contributed by atoms with E-state index in [4.69, 9.17) is 0 Å². The van der Waals surface area contributed by atoms with Crippen LogP contribution in [-0.2, 0) is 0 Å². The van der Waals surface area contributed by atoms with Crippen LogP contribution in [0.4, 0.5) is 0 Å². The van der Waals surface area contributed by atoms with Crippen molar-refractivity contribution in [2.45, 2.75) is 25.7 Å². The summed E-state index contributed by atoms with van der Waals surface area (Å²) in [5.41, 5.74) is 3.68. The summed E-state index contributed by atoms with van der Waals surface area (Å²) < 4.78 is 0. The van der Waals surface area contributed by atoms with Gasteiger partial charge in [0.25, 0.3) is 0 Å². The predicted molar refractivity (Wildman–Crippen MR) is 71.3 cm³/mol. The highest BCUT2D eigenvalue weighted by molar-refractivity contribution is 5.79. The molecule has 0 atom stereocenters. The van der Waals surface area contributed by atoms with Gasteiger partial charge in [-0.3, -0.25) is 4.98 Å². The first-order valence-electron chi connectivity index (χ1n) is 6.41. The Hall–Kier alpha value is -1.41. The molecule has 0 amide bonds. The van der Waals surface area contributed by atoms with E-state index in [2.05, 4.69) is 40.6 Å². The fourth-order valence-corrected chi connectivity index (χ4v) is 2.66. The van der Waals surface area contributed by atoms with Crippen LogP contribution >= 0.6 is 0 Å². The Balaban J connectivity index is 1.98. The molecule has 1 fully saturated rings. The third-order valence-electron chi connectivity index (χ3n) is 3.66. The number of pyridine rings is 1. The second-order valence-corrected chi connectivity index (χ2v) is 4.93. The number of rotatable bonds is 1. The lowest BCUT2D eigenvalue weighted by Crippen LogP contribution is -2.26. The summed E-state index contributed by atoms with van der Waals surface area (Å²) in [5, 5.41) is 4.69. The molecule has 2 heteroatoms. The van der Waals surface area contributed by atoms with E-state index in [1.807, 2.05) is 6.92 Å². The lowest BCUT2D eigenvalue weighted by molar-refractivity contribution is 0.460. The van der Waals surface area contributed by atoms with Gasteiger partial charge in [0, 0.05) is 11.1 Å². The summed E-state index contributed by atoms with van der Waals surface area (Å²) in [6.45, 7) is 4.34. The van der Waals surface area contributed by atoms with Crippen molar-refractivity contribution in [2.24, 2.45) is 0 Å². The molecule has 2 nitrogen and oxygen atoms in total. The molecular weight excluding hydrogens is 208 g/mol. The molecule has 1 aliphatic heterocycles. The van der Waals surface area contributed by atoms with Gasteiger partial charge in [0.2, 0.25) is 0 Å². The summed E-state index contributed by atoms with van der Waals surface area (Å²) in [4.78, 5) is 4.55. The molecule has 0 saturated carbocycles. The van der Waals surface area contributed by atoms with Gasteiger partial charge in [-0.2, -0.15) is 0 Å². The minimum absolute atomic E-state index is 0.724. The maximum Gasteiger partial charge on any atom is 0.0705 e. The highest BCUT2D eigenvalue weighted by Crippen LogP contribution is 2.27. The van der Waals surface area contributed by atoms with E-state index >= 15 is 0 Å². The summed E-state index contributed by atoms with van der Waals surface area (Å²) in [6, 6.07) is 11.0. The molecular formula is C15H18N2. The molecule has 0 bridgehead atoms. The Morgan fingerprint density at radius 3 is 2.76 bits per heavy atom. The first-order valence-corrected chi connectivity index (χ1v) is 6.41. The summed E-state index contributed by atoms with van der Waals surface area (Å²) in [5.74, 6) is 0.724. The summed E-state index contributed by atoms with van der Waals surface area (Å²) >= 11 is 0. The van der Waals surface area contributed by atoms with E-state index in [1.54, 1.807) is 0 Å². The molecule has 2 heterocycles. The van der Waals surface area contributed by atoms with Crippen LogP contribution in [-0.4, -0.2) is 18.1 Å². The van der Waals surface area contributed by atoms with Crippen molar-refractivity contribution in [1.29, 1.82) is 0 Å². The molecule has 1 aromatic heterocycles. The van der Waals surface area contributed by atoms with Gasteiger partial charge in [0.15, 0.2) is 0 Å². The van der Waals surface area contributed by atoms with Crippen molar-refractivity contribution in [3.8, 4) is 0 Å². The van der Waals surface area contributed by atoms with Crippen LogP contribution in [0.15, 0.2) is 30.3 Å². The minimum Gasteiger partial charge on any atom is -0.317 e. The largest absolute Gasteiger partial charge is 0.317 e. The standard InChI is InChI=1S/C15H18N2/c1-11-2-3-14-10-13(4-5-15(14)17-11)12-6-8-16-9-7-12/h2-5,10,12,16H,6-9H2,1H3. The van der Waals surface area contributed by atoms with E-state index in [-0.39, 0.29) is 0 Å². The maximum absolute atomic E-state index is 4.55. The van der Waals surface area contributed by atoms with Gasteiger partial charge in [0.1, 0.15) is 0 Å². The van der Waals surface area contributed by atoms with Crippen molar-refractivity contribution in [1.82, 2.24) is 10.3 Å². The number of nitrogens with zero attached hydrogens (tertiary/aromatic N) is 1. The van der Waals surface area contributed by atoms with Gasteiger partial charge < -0.3 is 5.32 Å². The van der Waals surface area contributed by atoms with Gasteiger partial charge in [0.05, 0.1) is 5.52 Å². The Kier molecular flexibility index (Phi) is 2.81. The SMILES string of the molecule is Cc1ccc2cc(C3CCNCC3)ccc2n1. The lowest BCUT2D eigenvalue weighted by atomic mass is 9.89. The van der Waals surface area contributed by atoms with Crippen LogP contribution in [0.1, 0.15) is 30.0 Å². The fraction of sp³-hybridized carbons (Fsp3) is 0.400. The van der Waals surface area contributed by atoms with Crippen LogP contribution in [0.2, 0.25) is 0 Å². The third-order valence-corrected chi connectivity index (χ3v) is 3.66. The number of aryl methyl sites for hydroxylation is 1. The number of hydrogen-bond donors (Lipinski definition) is 1. The molecule has 0 unspecified atom stereocenters. The second-order valence-electron chi connectivity index (χ2n) is 4.93. The van der Waals surface area contributed by atoms with Crippen LogP contribution in [0.25, 0.3) is 10.9 Å². The van der Waals surface area contributed by atoms with Crippen molar-refractivity contribution < 1.29 is 0 Å². The average Bonchev–Trinajstić information content (AvgIpc) is 2.39. The molecule has 0 aliphatic carbocycles. The molecule has 1 saturated heterocycles. The van der Waals surface area contributed by atoms with E-state index in [0.29, 0.717) is 0 Å². The van der Waals surface area contributed by atoms with Crippen molar-refractivity contribution >= 4 is 10.9 Å². The maximum atomic E-state index is 4.55. The number of aromatic nitrogens is 1. The molecule has 1 aliphatic rings. The molecule has 2 aromatic rings. The molecule has 88 valence electrons. The van der Waals surface area contributed by atoms with Crippen LogP contribution in [0.5, 0.6) is 0 Å². The average molecular weight is 226 g/mol. The fourth-order valence-electron chi connectivity index (χ4n) is 2.66. The number of fused-ring (bicyclic) bond motifs is 1. The molecule has 0 spiro atoms. The zero-order chi connectivity index (χ0) is 11.7. The van der Waals surface area contributed by atoms with Crippen LogP contribution in [0.3, 0.4) is 0 Å². The van der Waals surface area contributed by atoms with Gasteiger partial charge in [-0.05, 0) is 62.5 Å². The van der Waals surface area contributed by atoms with Crippen molar-refractivity contribution in [3.05, 3.63) is 41.6 Å². The van der Waals surface area contributed by atoms with E-state index in [0.717, 1.165) is 30.2 Å². The van der Waals surface area contributed by atoms with Crippen molar-refractivity contribution in [3.63, 3.8) is 0 Å². The first-order chi connectivity index (χ1) is 8.33. The Labute approximate surface area is 102 Å². The monoisotopic (exact) mass is 226 g/mol. The first kappa shape index (κ1) is 10.7. The third kappa shape index (κ3) is 2.18. The summed E-state index contributed by atoms with van der Waals surface area (Å²) in [7, 11) is 0. The minimum atomic E-state index is 0.724. The Morgan fingerprint density at radius 1 is 1.12 bits per heavy atom. The lowest BCUT2D eigenvalue weighted by Gasteiger charge is -2.23. The number of piperidine rings is 1. The number of benzene rings is 1. The van der Waals surface area contributed by atoms with E-state index < -0.39 is 0 Å². The smallest absolute Gasteiger partial charge is 0.0705 e. The Bertz CT molecular complexity index is 527. The quantitative estimate of drug-likeness (QED) is 0.808. The number of hydrogen-bond acceptors (Lipinski definition) is 2. The zero-order valence-corrected chi connectivity index (χ0v) is 10.2. The van der Waals surface area contributed by atoms with Gasteiger partial charge in [-0.15, -0.1) is 0 Å². The molecule has 1 aromatic carbocycles. The van der Waals surface area contributed by atoms with Crippen LogP contribution in [0, 0.1) is 6.92 Å². The zero-order valence-electron chi connectivity index (χ0n) is 10.2. The highest BCUT2D eigenvalue weighted by Gasteiger charge is 2.15. The number of nitrogens with one attached hydrogen (secondary N) is 1. The van der Waals surface area contributed by atoms with Gasteiger partial charge in [-0.25, -0.2) is 0 Å². The van der Waals surface area contributed by atoms with Gasteiger partial charge >= 0.3 is 0 Å².